The van der Waals surface area contributed by atoms with Gasteiger partial charge in [0, 0.05) is 18.8 Å². The number of ether oxygens (including phenoxy) is 2. The monoisotopic (exact) mass is 268 g/mol. The first-order chi connectivity index (χ1) is 9.08. The third-order valence-electron chi connectivity index (χ3n) is 3.33. The van der Waals surface area contributed by atoms with E-state index in [0.29, 0.717) is 18.8 Å². The van der Waals surface area contributed by atoms with Crippen LogP contribution < -0.4 is 0 Å². The largest absolute Gasteiger partial charge is 0.381 e. The highest BCUT2D eigenvalue weighted by Gasteiger charge is 2.20. The van der Waals surface area contributed by atoms with E-state index in [2.05, 4.69) is 6.58 Å². The van der Waals surface area contributed by atoms with Crippen LogP contribution in [-0.4, -0.2) is 25.4 Å². The molecular formula is C15H18F2O2. The summed E-state index contributed by atoms with van der Waals surface area (Å²) in [6.07, 6.45) is 1.39. The lowest BCUT2D eigenvalue weighted by Gasteiger charge is -2.27. The van der Waals surface area contributed by atoms with Gasteiger partial charge in [-0.1, -0.05) is 6.58 Å². The highest BCUT2D eigenvalue weighted by molar-refractivity contribution is 5.66. The molecule has 0 bridgehead atoms. The van der Waals surface area contributed by atoms with Crippen LogP contribution in [0.3, 0.4) is 0 Å². The molecule has 0 radical (unpaired) electrons. The molecule has 0 aliphatic carbocycles. The van der Waals surface area contributed by atoms with Gasteiger partial charge in [0.2, 0.25) is 0 Å². The van der Waals surface area contributed by atoms with Crippen molar-refractivity contribution >= 4 is 5.57 Å². The lowest BCUT2D eigenvalue weighted by molar-refractivity contribution is -0.0453. The molecule has 1 saturated heterocycles. The molecule has 1 aliphatic heterocycles. The molecule has 4 heteroatoms. The van der Waals surface area contributed by atoms with Gasteiger partial charge in [-0.2, -0.15) is 0 Å². The SMILES string of the molecule is C=C(c1cc(F)ccc1F)C(C)OC1CCOCC1. The number of hydrogen-bond donors (Lipinski definition) is 0. The highest BCUT2D eigenvalue weighted by atomic mass is 19.1. The minimum Gasteiger partial charge on any atom is -0.381 e. The summed E-state index contributed by atoms with van der Waals surface area (Å²) in [6, 6.07) is 3.36. The molecule has 0 saturated carbocycles. The number of benzene rings is 1. The third-order valence-corrected chi connectivity index (χ3v) is 3.33. The lowest BCUT2D eigenvalue weighted by Crippen LogP contribution is -2.27. The average Bonchev–Trinajstić information content (AvgIpc) is 2.42. The van der Waals surface area contributed by atoms with Crippen LogP contribution in [0, 0.1) is 11.6 Å². The number of rotatable bonds is 4. The molecule has 2 nitrogen and oxygen atoms in total. The fraction of sp³-hybridized carbons (Fsp3) is 0.467. The molecule has 1 aliphatic rings. The van der Waals surface area contributed by atoms with Gasteiger partial charge in [-0.05, 0) is 43.5 Å². The minimum atomic E-state index is -0.478. The first-order valence-electron chi connectivity index (χ1n) is 6.45. The zero-order chi connectivity index (χ0) is 13.8. The molecular weight excluding hydrogens is 250 g/mol. The maximum atomic E-state index is 13.7. The van der Waals surface area contributed by atoms with Gasteiger partial charge in [0.1, 0.15) is 11.6 Å². The van der Waals surface area contributed by atoms with Crippen molar-refractivity contribution in [3.8, 4) is 0 Å². The van der Waals surface area contributed by atoms with Crippen molar-refractivity contribution in [2.75, 3.05) is 13.2 Å². The fourth-order valence-corrected chi connectivity index (χ4v) is 2.15. The summed E-state index contributed by atoms with van der Waals surface area (Å²) in [7, 11) is 0. The Morgan fingerprint density at radius 2 is 2.05 bits per heavy atom. The van der Waals surface area contributed by atoms with Crippen LogP contribution in [-0.2, 0) is 9.47 Å². The summed E-state index contributed by atoms with van der Waals surface area (Å²) >= 11 is 0. The van der Waals surface area contributed by atoms with E-state index in [9.17, 15) is 8.78 Å². The zero-order valence-electron chi connectivity index (χ0n) is 11.0. The van der Waals surface area contributed by atoms with E-state index in [0.717, 1.165) is 31.0 Å². The van der Waals surface area contributed by atoms with Crippen LogP contribution in [0.25, 0.3) is 5.57 Å². The fourth-order valence-electron chi connectivity index (χ4n) is 2.15. The van der Waals surface area contributed by atoms with Crippen molar-refractivity contribution in [1.82, 2.24) is 0 Å². The summed E-state index contributed by atoms with van der Waals surface area (Å²) < 4.78 is 37.9. The first kappa shape index (κ1) is 14.2. The van der Waals surface area contributed by atoms with Gasteiger partial charge >= 0.3 is 0 Å². The van der Waals surface area contributed by atoms with E-state index in [-0.39, 0.29) is 17.8 Å². The molecule has 2 rings (SSSR count). The quantitative estimate of drug-likeness (QED) is 0.831. The smallest absolute Gasteiger partial charge is 0.130 e. The Morgan fingerprint density at radius 1 is 1.37 bits per heavy atom. The van der Waals surface area contributed by atoms with Crippen molar-refractivity contribution in [3.63, 3.8) is 0 Å². The second kappa shape index (κ2) is 6.26. The van der Waals surface area contributed by atoms with Crippen molar-refractivity contribution in [2.45, 2.75) is 32.0 Å². The van der Waals surface area contributed by atoms with E-state index in [1.807, 2.05) is 6.92 Å². The van der Waals surface area contributed by atoms with Crippen molar-refractivity contribution in [2.24, 2.45) is 0 Å². The molecule has 1 aromatic carbocycles. The maximum absolute atomic E-state index is 13.7. The van der Waals surface area contributed by atoms with E-state index < -0.39 is 11.6 Å². The molecule has 0 aromatic heterocycles. The second-order valence-electron chi connectivity index (χ2n) is 4.74. The Hall–Kier alpha value is -1.26. The Bertz CT molecular complexity index is 453. The Labute approximate surface area is 112 Å². The van der Waals surface area contributed by atoms with Crippen LogP contribution >= 0.6 is 0 Å². The Balaban J connectivity index is 2.03. The maximum Gasteiger partial charge on any atom is 0.130 e. The predicted molar refractivity (Wildman–Crippen MR) is 69.8 cm³/mol. The van der Waals surface area contributed by atoms with Crippen LogP contribution in [0.1, 0.15) is 25.3 Å². The van der Waals surface area contributed by atoms with Crippen molar-refractivity contribution < 1.29 is 18.3 Å². The predicted octanol–water partition coefficient (Wildman–Crippen LogP) is 3.56. The van der Waals surface area contributed by atoms with Gasteiger partial charge in [-0.15, -0.1) is 0 Å². The van der Waals surface area contributed by atoms with Gasteiger partial charge in [0.25, 0.3) is 0 Å². The van der Waals surface area contributed by atoms with Crippen LogP contribution in [0.15, 0.2) is 24.8 Å². The molecule has 0 spiro atoms. The van der Waals surface area contributed by atoms with E-state index in [1.54, 1.807) is 0 Å². The zero-order valence-corrected chi connectivity index (χ0v) is 11.0. The summed E-state index contributed by atoms with van der Waals surface area (Å²) in [5.41, 5.74) is 0.642. The molecule has 1 aromatic rings. The highest BCUT2D eigenvalue weighted by Crippen LogP contribution is 2.25. The topological polar surface area (TPSA) is 18.5 Å². The van der Waals surface area contributed by atoms with Crippen LogP contribution in [0.2, 0.25) is 0 Å². The Morgan fingerprint density at radius 3 is 2.74 bits per heavy atom. The van der Waals surface area contributed by atoms with Gasteiger partial charge in [-0.3, -0.25) is 0 Å². The third kappa shape index (κ3) is 3.61. The Kier molecular flexibility index (Phi) is 4.66. The summed E-state index contributed by atoms with van der Waals surface area (Å²) in [5.74, 6) is -0.954. The summed E-state index contributed by atoms with van der Waals surface area (Å²) in [5, 5.41) is 0. The van der Waals surface area contributed by atoms with E-state index in [1.165, 1.54) is 0 Å². The normalized spacial score (nSPS) is 18.3. The minimum absolute atomic E-state index is 0.0946. The lowest BCUT2D eigenvalue weighted by atomic mass is 10.0. The average molecular weight is 268 g/mol. The molecule has 104 valence electrons. The van der Waals surface area contributed by atoms with Gasteiger partial charge in [0.05, 0.1) is 12.2 Å². The first-order valence-corrected chi connectivity index (χ1v) is 6.45. The second-order valence-corrected chi connectivity index (χ2v) is 4.74. The number of halogens is 2. The summed E-state index contributed by atoms with van der Waals surface area (Å²) in [6.45, 7) is 6.99. The molecule has 0 amide bonds. The van der Waals surface area contributed by atoms with E-state index in [4.69, 9.17) is 9.47 Å². The van der Waals surface area contributed by atoms with Crippen molar-refractivity contribution in [3.05, 3.63) is 42.0 Å². The molecule has 1 atom stereocenters. The molecule has 1 heterocycles. The molecule has 19 heavy (non-hydrogen) atoms. The van der Waals surface area contributed by atoms with Crippen LogP contribution in [0.5, 0.6) is 0 Å². The van der Waals surface area contributed by atoms with Gasteiger partial charge < -0.3 is 9.47 Å². The van der Waals surface area contributed by atoms with Gasteiger partial charge in [0.15, 0.2) is 0 Å². The van der Waals surface area contributed by atoms with Gasteiger partial charge in [-0.25, -0.2) is 8.78 Å². The summed E-state index contributed by atoms with van der Waals surface area (Å²) in [4.78, 5) is 0. The van der Waals surface area contributed by atoms with Crippen molar-refractivity contribution in [1.29, 1.82) is 0 Å². The van der Waals surface area contributed by atoms with Crippen LogP contribution in [0.4, 0.5) is 8.78 Å². The molecule has 1 unspecified atom stereocenters. The van der Waals surface area contributed by atoms with E-state index >= 15 is 0 Å². The molecule has 1 fully saturated rings. The molecule has 0 N–H and O–H groups in total. The standard InChI is InChI=1S/C15H18F2O2/c1-10(14-9-12(16)3-4-15(14)17)11(2)19-13-5-7-18-8-6-13/h3-4,9,11,13H,1,5-8H2,2H3. The number of hydrogen-bond acceptors (Lipinski definition) is 2.